The van der Waals surface area contributed by atoms with Gasteiger partial charge in [-0.2, -0.15) is 0 Å². The zero-order chi connectivity index (χ0) is 15.0. The Morgan fingerprint density at radius 2 is 1.86 bits per heavy atom. The molecule has 21 heavy (non-hydrogen) atoms. The molecule has 3 atom stereocenters. The van der Waals surface area contributed by atoms with Gasteiger partial charge < -0.3 is 5.32 Å². The summed E-state index contributed by atoms with van der Waals surface area (Å²) in [6.07, 6.45) is 7.20. The van der Waals surface area contributed by atoms with Crippen molar-refractivity contribution in [2.24, 2.45) is 11.3 Å². The van der Waals surface area contributed by atoms with Gasteiger partial charge in [0.2, 0.25) is 0 Å². The molecule has 0 spiro atoms. The van der Waals surface area contributed by atoms with Gasteiger partial charge in [-0.15, -0.1) is 0 Å². The fourth-order valence-corrected chi connectivity index (χ4v) is 4.41. The van der Waals surface area contributed by atoms with Crippen LogP contribution in [0.1, 0.15) is 70.0 Å². The molecule has 1 aromatic carbocycles. The molecule has 2 aliphatic carbocycles. The number of halogens is 1. The van der Waals surface area contributed by atoms with Crippen molar-refractivity contribution in [3.8, 4) is 0 Å². The zero-order valence-electron chi connectivity index (χ0n) is 13.6. The van der Waals surface area contributed by atoms with Crippen LogP contribution < -0.4 is 5.32 Å². The third-order valence-corrected chi connectivity index (χ3v) is 5.51. The van der Waals surface area contributed by atoms with E-state index in [0.717, 1.165) is 24.3 Å². The fourth-order valence-electron chi connectivity index (χ4n) is 4.41. The van der Waals surface area contributed by atoms with E-state index in [2.05, 4.69) is 32.2 Å². The van der Waals surface area contributed by atoms with Crippen molar-refractivity contribution in [3.63, 3.8) is 0 Å². The van der Waals surface area contributed by atoms with E-state index in [1.54, 1.807) is 6.07 Å². The molecule has 3 unspecified atom stereocenters. The van der Waals surface area contributed by atoms with Crippen LogP contribution in [0.15, 0.2) is 18.2 Å². The van der Waals surface area contributed by atoms with Crippen molar-refractivity contribution in [1.29, 1.82) is 0 Å². The van der Waals surface area contributed by atoms with Crippen molar-refractivity contribution in [3.05, 3.63) is 35.1 Å². The molecule has 1 saturated carbocycles. The van der Waals surface area contributed by atoms with Gasteiger partial charge in [0.25, 0.3) is 0 Å². The average Bonchev–Trinajstić information content (AvgIpc) is 2.83. The number of hydrogen-bond donors (Lipinski definition) is 1. The van der Waals surface area contributed by atoms with Crippen molar-refractivity contribution in [2.45, 2.75) is 71.4 Å². The van der Waals surface area contributed by atoms with Gasteiger partial charge in [-0.25, -0.2) is 4.39 Å². The van der Waals surface area contributed by atoms with Gasteiger partial charge in [-0.3, -0.25) is 0 Å². The molecule has 1 N–H and O–H groups in total. The van der Waals surface area contributed by atoms with E-state index in [-0.39, 0.29) is 5.82 Å². The molecule has 0 amide bonds. The summed E-state index contributed by atoms with van der Waals surface area (Å²) in [5, 5.41) is 3.89. The maximum Gasteiger partial charge on any atom is 0.126 e. The van der Waals surface area contributed by atoms with E-state index in [1.165, 1.54) is 31.2 Å². The highest BCUT2D eigenvalue weighted by atomic mass is 19.1. The van der Waals surface area contributed by atoms with E-state index in [9.17, 15) is 4.39 Å². The molecule has 2 heteroatoms. The molecule has 116 valence electrons. The second kappa shape index (κ2) is 5.72. The van der Waals surface area contributed by atoms with E-state index in [0.29, 0.717) is 17.5 Å². The molecule has 0 aliphatic heterocycles. The number of nitrogens with one attached hydrogen (secondary N) is 1. The number of fused-ring (bicyclic) bond motifs is 1. The Labute approximate surface area is 128 Å². The minimum absolute atomic E-state index is 0.0205. The third kappa shape index (κ3) is 3.01. The Kier molecular flexibility index (Phi) is 4.09. The first-order chi connectivity index (χ1) is 9.97. The topological polar surface area (TPSA) is 12.0 Å². The molecule has 1 nitrogen and oxygen atoms in total. The second-order valence-electron chi connectivity index (χ2n) is 7.93. The number of rotatable bonds is 2. The summed E-state index contributed by atoms with van der Waals surface area (Å²) in [6.45, 7) is 7.08. The lowest BCUT2D eigenvalue weighted by molar-refractivity contribution is 0.123. The van der Waals surface area contributed by atoms with Crippen molar-refractivity contribution < 1.29 is 4.39 Å². The van der Waals surface area contributed by atoms with E-state index in [4.69, 9.17) is 0 Å². The van der Waals surface area contributed by atoms with Gasteiger partial charge in [-0.1, -0.05) is 45.7 Å². The SMILES string of the molecule is CC(C)(C)C1CCCCC1NC1CCc2c(F)cccc21. The Balaban J connectivity index is 1.77. The summed E-state index contributed by atoms with van der Waals surface area (Å²) in [4.78, 5) is 0. The Hall–Kier alpha value is -0.890. The van der Waals surface area contributed by atoms with E-state index in [1.807, 2.05) is 6.07 Å². The van der Waals surface area contributed by atoms with Gasteiger partial charge in [0.15, 0.2) is 0 Å². The summed E-state index contributed by atoms with van der Waals surface area (Å²) in [5.41, 5.74) is 2.49. The van der Waals surface area contributed by atoms with Crippen LogP contribution in [-0.4, -0.2) is 6.04 Å². The largest absolute Gasteiger partial charge is 0.307 e. The molecule has 0 bridgehead atoms. The van der Waals surface area contributed by atoms with Gasteiger partial charge in [0.1, 0.15) is 5.82 Å². The van der Waals surface area contributed by atoms with Crippen LogP contribution in [0.5, 0.6) is 0 Å². The predicted octanol–water partition coefficient (Wildman–Crippen LogP) is 5.01. The predicted molar refractivity (Wildman–Crippen MR) is 85.8 cm³/mol. The molecule has 2 aliphatic rings. The fraction of sp³-hybridized carbons (Fsp3) is 0.684. The zero-order valence-corrected chi connectivity index (χ0v) is 13.6. The lowest BCUT2D eigenvalue weighted by Gasteiger charge is -2.42. The normalized spacial score (nSPS) is 29.4. The summed E-state index contributed by atoms with van der Waals surface area (Å²) < 4.78 is 13.9. The highest BCUT2D eigenvalue weighted by Crippen LogP contribution is 2.40. The van der Waals surface area contributed by atoms with Crippen molar-refractivity contribution in [1.82, 2.24) is 5.32 Å². The van der Waals surface area contributed by atoms with Crippen LogP contribution in [0.4, 0.5) is 4.39 Å². The molecule has 0 radical (unpaired) electrons. The Morgan fingerprint density at radius 3 is 2.62 bits per heavy atom. The van der Waals surface area contributed by atoms with Crippen molar-refractivity contribution >= 4 is 0 Å². The molecule has 1 aromatic rings. The highest BCUT2D eigenvalue weighted by molar-refractivity contribution is 5.35. The molecule has 0 aromatic heterocycles. The highest BCUT2D eigenvalue weighted by Gasteiger charge is 2.36. The monoisotopic (exact) mass is 289 g/mol. The second-order valence-corrected chi connectivity index (χ2v) is 7.93. The number of benzene rings is 1. The van der Waals surface area contributed by atoms with E-state index >= 15 is 0 Å². The minimum atomic E-state index is -0.0205. The molecule has 0 saturated heterocycles. The molecular weight excluding hydrogens is 261 g/mol. The lowest BCUT2D eigenvalue weighted by Crippen LogP contribution is -2.45. The first kappa shape index (κ1) is 15.0. The maximum absolute atomic E-state index is 13.9. The summed E-state index contributed by atoms with van der Waals surface area (Å²) in [6, 6.07) is 6.50. The van der Waals surface area contributed by atoms with Crippen LogP contribution in [-0.2, 0) is 6.42 Å². The minimum Gasteiger partial charge on any atom is -0.307 e. The van der Waals surface area contributed by atoms with Crippen molar-refractivity contribution in [2.75, 3.05) is 0 Å². The van der Waals surface area contributed by atoms with E-state index < -0.39 is 0 Å². The summed E-state index contributed by atoms with van der Waals surface area (Å²) in [7, 11) is 0. The first-order valence-corrected chi connectivity index (χ1v) is 8.50. The standard InChI is InChI=1S/C19H28FN/c1-19(2,3)15-8-4-5-10-18(15)21-17-12-11-13-14(17)7-6-9-16(13)20/h6-7,9,15,17-18,21H,4-5,8,10-12H2,1-3H3. The third-order valence-electron chi connectivity index (χ3n) is 5.51. The van der Waals surface area contributed by atoms with Crippen LogP contribution in [0.25, 0.3) is 0 Å². The van der Waals surface area contributed by atoms with Gasteiger partial charge in [0.05, 0.1) is 0 Å². The first-order valence-electron chi connectivity index (χ1n) is 8.50. The van der Waals surface area contributed by atoms with Crippen LogP contribution >= 0.6 is 0 Å². The molecule has 0 heterocycles. The quantitative estimate of drug-likeness (QED) is 0.807. The van der Waals surface area contributed by atoms with Crippen LogP contribution in [0.2, 0.25) is 0 Å². The number of hydrogen-bond acceptors (Lipinski definition) is 1. The average molecular weight is 289 g/mol. The van der Waals surface area contributed by atoms with Gasteiger partial charge in [0, 0.05) is 12.1 Å². The molecule has 3 rings (SSSR count). The Morgan fingerprint density at radius 1 is 1.10 bits per heavy atom. The summed E-state index contributed by atoms with van der Waals surface area (Å²) >= 11 is 0. The molecular formula is C19H28FN. The smallest absolute Gasteiger partial charge is 0.126 e. The summed E-state index contributed by atoms with van der Waals surface area (Å²) in [5.74, 6) is 0.705. The molecule has 1 fully saturated rings. The maximum atomic E-state index is 13.9. The van der Waals surface area contributed by atoms with Gasteiger partial charge in [-0.05, 0) is 54.2 Å². The lowest BCUT2D eigenvalue weighted by atomic mass is 9.69. The van der Waals surface area contributed by atoms with Crippen LogP contribution in [0.3, 0.4) is 0 Å². The van der Waals surface area contributed by atoms with Gasteiger partial charge >= 0.3 is 0 Å². The Bertz CT molecular complexity index is 503. The van der Waals surface area contributed by atoms with Crippen LogP contribution in [0, 0.1) is 17.2 Å².